The number of carbonyl (C=O) groups is 1. The number of hydrogen-bond donors (Lipinski definition) is 2. The van der Waals surface area contributed by atoms with E-state index >= 15 is 0 Å². The molecule has 118 valence electrons. The van der Waals surface area contributed by atoms with Crippen molar-refractivity contribution in [2.75, 3.05) is 0 Å². The Morgan fingerprint density at radius 2 is 1.76 bits per heavy atom. The van der Waals surface area contributed by atoms with Gasteiger partial charge in [-0.3, -0.25) is 0 Å². The fourth-order valence-corrected chi connectivity index (χ4v) is 1.50. The third kappa shape index (κ3) is 6.03. The quantitative estimate of drug-likeness (QED) is 0.900. The van der Waals surface area contributed by atoms with Crippen molar-refractivity contribution in [1.82, 2.24) is 5.32 Å². The third-order valence-corrected chi connectivity index (χ3v) is 2.44. The number of alkyl halides is 3. The van der Waals surface area contributed by atoms with E-state index in [1.165, 1.54) is 24.3 Å². The molecular formula is C14H18F3NO3. The summed E-state index contributed by atoms with van der Waals surface area (Å²) >= 11 is 0. The maximum Gasteiger partial charge on any atom is 0.418 e. The average molecular weight is 305 g/mol. The number of hydrogen-bond acceptors (Lipinski definition) is 3. The number of alkyl carbamates (subject to hydrolysis) is 1. The Hall–Kier alpha value is -1.76. The van der Waals surface area contributed by atoms with Gasteiger partial charge in [0.2, 0.25) is 0 Å². The maximum absolute atomic E-state index is 12.3. The highest BCUT2D eigenvalue weighted by atomic mass is 19.4. The molecule has 1 aromatic carbocycles. The third-order valence-electron chi connectivity index (χ3n) is 2.44. The molecule has 0 aliphatic carbocycles. The second kappa shape index (κ2) is 6.34. The fraction of sp³-hybridized carbons (Fsp3) is 0.500. The number of aliphatic hydroxyl groups is 1. The van der Waals surface area contributed by atoms with Crippen LogP contribution in [0.15, 0.2) is 24.3 Å². The van der Waals surface area contributed by atoms with Crippen LogP contribution in [0.3, 0.4) is 0 Å². The van der Waals surface area contributed by atoms with Crippen LogP contribution in [0.25, 0.3) is 0 Å². The second-order valence-corrected chi connectivity index (χ2v) is 5.54. The number of halogens is 3. The van der Waals surface area contributed by atoms with Crippen LogP contribution in [0.2, 0.25) is 0 Å². The van der Waals surface area contributed by atoms with Gasteiger partial charge >= 0.3 is 12.3 Å². The largest absolute Gasteiger partial charge is 0.444 e. The van der Waals surface area contributed by atoms with Crippen LogP contribution in [0, 0.1) is 0 Å². The van der Waals surface area contributed by atoms with Gasteiger partial charge in [0.1, 0.15) is 5.60 Å². The monoisotopic (exact) mass is 305 g/mol. The SMILES string of the molecule is CC(C)(C)OC(=O)NCc1ccc([C@H](O)C(F)(F)F)cc1. The molecule has 0 spiro atoms. The second-order valence-electron chi connectivity index (χ2n) is 5.54. The van der Waals surface area contributed by atoms with Crippen LogP contribution in [-0.2, 0) is 11.3 Å². The van der Waals surface area contributed by atoms with Gasteiger partial charge in [-0.15, -0.1) is 0 Å². The van der Waals surface area contributed by atoms with Crippen molar-refractivity contribution in [1.29, 1.82) is 0 Å². The van der Waals surface area contributed by atoms with Gasteiger partial charge < -0.3 is 15.2 Å². The van der Waals surface area contributed by atoms with Gasteiger partial charge in [-0.05, 0) is 31.9 Å². The van der Waals surface area contributed by atoms with Gasteiger partial charge in [0, 0.05) is 6.54 Å². The molecular weight excluding hydrogens is 287 g/mol. The molecule has 0 unspecified atom stereocenters. The molecule has 1 amide bonds. The normalized spacial score (nSPS) is 13.7. The fourth-order valence-electron chi connectivity index (χ4n) is 1.50. The maximum atomic E-state index is 12.3. The molecule has 0 radical (unpaired) electrons. The van der Waals surface area contributed by atoms with Crippen LogP contribution in [0.5, 0.6) is 0 Å². The minimum absolute atomic E-state index is 0.122. The average Bonchev–Trinajstić information content (AvgIpc) is 2.33. The van der Waals surface area contributed by atoms with Gasteiger partial charge in [-0.25, -0.2) is 4.79 Å². The lowest BCUT2D eigenvalue weighted by Gasteiger charge is -2.19. The number of benzene rings is 1. The smallest absolute Gasteiger partial charge is 0.418 e. The predicted molar refractivity (Wildman–Crippen MR) is 70.5 cm³/mol. The Bertz CT molecular complexity index is 478. The molecule has 21 heavy (non-hydrogen) atoms. The highest BCUT2D eigenvalue weighted by Gasteiger charge is 2.39. The molecule has 1 rings (SSSR count). The number of ether oxygens (including phenoxy) is 1. The number of carbonyl (C=O) groups excluding carboxylic acids is 1. The summed E-state index contributed by atoms with van der Waals surface area (Å²) in [4.78, 5) is 11.4. The summed E-state index contributed by atoms with van der Waals surface area (Å²) in [6.07, 6.45) is -7.82. The molecule has 0 fully saturated rings. The molecule has 0 heterocycles. The van der Waals surface area contributed by atoms with Crippen molar-refractivity contribution < 1.29 is 27.8 Å². The lowest BCUT2D eigenvalue weighted by Crippen LogP contribution is -2.32. The summed E-state index contributed by atoms with van der Waals surface area (Å²) in [5.74, 6) is 0. The first-order valence-electron chi connectivity index (χ1n) is 6.29. The van der Waals surface area contributed by atoms with Crippen LogP contribution in [-0.4, -0.2) is 23.0 Å². The van der Waals surface area contributed by atoms with Gasteiger partial charge in [0.15, 0.2) is 6.10 Å². The van der Waals surface area contributed by atoms with Crippen LogP contribution in [0.4, 0.5) is 18.0 Å². The summed E-state index contributed by atoms with van der Waals surface area (Å²) in [6.45, 7) is 5.29. The molecule has 7 heteroatoms. The standard InChI is InChI=1S/C14H18F3NO3/c1-13(2,3)21-12(20)18-8-9-4-6-10(7-5-9)11(19)14(15,16)17/h4-7,11,19H,8H2,1-3H3,(H,18,20)/t11-/m0/s1. The predicted octanol–water partition coefficient (Wildman–Crippen LogP) is 3.31. The van der Waals surface area contributed by atoms with E-state index in [2.05, 4.69) is 5.32 Å². The van der Waals surface area contributed by atoms with E-state index in [0.29, 0.717) is 5.56 Å². The minimum atomic E-state index is -4.70. The zero-order valence-electron chi connectivity index (χ0n) is 12.0. The zero-order chi connectivity index (χ0) is 16.3. The lowest BCUT2D eigenvalue weighted by atomic mass is 10.1. The number of amides is 1. The molecule has 0 aliphatic rings. The highest BCUT2D eigenvalue weighted by molar-refractivity contribution is 5.67. The topological polar surface area (TPSA) is 58.6 Å². The van der Waals surface area contributed by atoms with Crippen LogP contribution < -0.4 is 5.32 Å². The summed E-state index contributed by atoms with van der Waals surface area (Å²) in [6, 6.07) is 5.15. The van der Waals surface area contributed by atoms with E-state index in [1.807, 2.05) is 0 Å². The van der Waals surface area contributed by atoms with Crippen molar-refractivity contribution in [3.63, 3.8) is 0 Å². The Balaban J connectivity index is 2.58. The van der Waals surface area contributed by atoms with Crippen molar-refractivity contribution in [3.05, 3.63) is 35.4 Å². The molecule has 0 aliphatic heterocycles. The van der Waals surface area contributed by atoms with Crippen molar-refractivity contribution in [3.8, 4) is 0 Å². The van der Waals surface area contributed by atoms with E-state index in [-0.39, 0.29) is 12.1 Å². The molecule has 0 saturated heterocycles. The van der Waals surface area contributed by atoms with Crippen molar-refractivity contribution >= 4 is 6.09 Å². The first-order valence-corrected chi connectivity index (χ1v) is 6.29. The zero-order valence-corrected chi connectivity index (χ0v) is 12.0. The van der Waals surface area contributed by atoms with E-state index < -0.39 is 24.0 Å². The van der Waals surface area contributed by atoms with E-state index in [0.717, 1.165) is 0 Å². The Morgan fingerprint density at radius 3 is 2.19 bits per heavy atom. The first-order chi connectivity index (χ1) is 9.49. The number of nitrogens with one attached hydrogen (secondary N) is 1. The minimum Gasteiger partial charge on any atom is -0.444 e. The van der Waals surface area contributed by atoms with Gasteiger partial charge in [0.05, 0.1) is 0 Å². The summed E-state index contributed by atoms with van der Waals surface area (Å²) < 4.78 is 42.0. The highest BCUT2D eigenvalue weighted by Crippen LogP contribution is 2.32. The summed E-state index contributed by atoms with van der Waals surface area (Å²) in [5, 5.41) is 11.6. The van der Waals surface area contributed by atoms with Gasteiger partial charge in [-0.2, -0.15) is 13.2 Å². The van der Waals surface area contributed by atoms with Gasteiger partial charge in [-0.1, -0.05) is 24.3 Å². The van der Waals surface area contributed by atoms with Crippen molar-refractivity contribution in [2.24, 2.45) is 0 Å². The van der Waals surface area contributed by atoms with Crippen molar-refractivity contribution in [2.45, 2.75) is 45.2 Å². The molecule has 2 N–H and O–H groups in total. The summed E-state index contributed by atoms with van der Waals surface area (Å²) in [7, 11) is 0. The van der Waals surface area contributed by atoms with Crippen LogP contribution >= 0.6 is 0 Å². The van der Waals surface area contributed by atoms with E-state index in [4.69, 9.17) is 9.84 Å². The molecule has 4 nitrogen and oxygen atoms in total. The van der Waals surface area contributed by atoms with E-state index in [9.17, 15) is 18.0 Å². The summed E-state index contributed by atoms with van der Waals surface area (Å²) in [5.41, 5.74) is -0.271. The lowest BCUT2D eigenvalue weighted by molar-refractivity contribution is -0.206. The molecule has 0 saturated carbocycles. The Kier molecular flexibility index (Phi) is 5.22. The number of aliphatic hydroxyl groups excluding tert-OH is 1. The van der Waals surface area contributed by atoms with E-state index in [1.54, 1.807) is 20.8 Å². The molecule has 1 atom stereocenters. The Morgan fingerprint density at radius 1 is 1.24 bits per heavy atom. The molecule has 0 aromatic heterocycles. The number of rotatable bonds is 3. The molecule has 0 bridgehead atoms. The molecule has 1 aromatic rings. The first kappa shape index (κ1) is 17.3. The van der Waals surface area contributed by atoms with Crippen LogP contribution in [0.1, 0.15) is 38.0 Å². The van der Waals surface area contributed by atoms with Gasteiger partial charge in [0.25, 0.3) is 0 Å². The Labute approximate surface area is 120 Å².